The van der Waals surface area contributed by atoms with E-state index in [2.05, 4.69) is 50.4 Å². The minimum absolute atomic E-state index is 0.554. The van der Waals surface area contributed by atoms with Gasteiger partial charge in [0.15, 0.2) is 0 Å². The maximum atomic E-state index is 3.77. The molecule has 0 aromatic heterocycles. The number of benzene rings is 1. The van der Waals surface area contributed by atoms with E-state index < -0.39 is 0 Å². The predicted molar refractivity (Wildman–Crippen MR) is 76.6 cm³/mol. The summed E-state index contributed by atoms with van der Waals surface area (Å²) in [4.78, 5) is 1.46. The summed E-state index contributed by atoms with van der Waals surface area (Å²) in [6.45, 7) is 6.91. The highest BCUT2D eigenvalue weighted by molar-refractivity contribution is 7.99. The summed E-state index contributed by atoms with van der Waals surface area (Å²) in [5, 5.41) is 3.77. The number of hydrogen-bond acceptors (Lipinski definition) is 2. The van der Waals surface area contributed by atoms with E-state index in [1.807, 2.05) is 11.8 Å². The molecule has 1 aromatic rings. The average molecular weight is 249 g/mol. The number of thioether (sulfide) groups is 1. The van der Waals surface area contributed by atoms with Gasteiger partial charge < -0.3 is 5.32 Å². The molecule has 2 unspecified atom stereocenters. The first-order valence-corrected chi connectivity index (χ1v) is 7.63. The van der Waals surface area contributed by atoms with Crippen molar-refractivity contribution >= 4 is 11.8 Å². The van der Waals surface area contributed by atoms with Gasteiger partial charge in [-0.3, -0.25) is 0 Å². The molecule has 0 saturated carbocycles. The number of fused-ring (bicyclic) bond motifs is 1. The SMILES string of the molecule is CC(C)CCC(C)NC1CSc2ccccc21. The fourth-order valence-electron chi connectivity index (χ4n) is 2.31. The standard InChI is InChI=1S/C15H23NS/c1-11(2)8-9-12(3)16-14-10-17-15-7-5-4-6-13(14)15/h4-7,11-12,14,16H,8-10H2,1-3H3. The van der Waals surface area contributed by atoms with Gasteiger partial charge >= 0.3 is 0 Å². The highest BCUT2D eigenvalue weighted by Gasteiger charge is 2.23. The van der Waals surface area contributed by atoms with Gasteiger partial charge in [-0.25, -0.2) is 0 Å². The first kappa shape index (κ1) is 13.0. The number of rotatable bonds is 5. The lowest BCUT2D eigenvalue weighted by molar-refractivity contribution is 0.420. The van der Waals surface area contributed by atoms with E-state index in [9.17, 15) is 0 Å². The molecule has 0 bridgehead atoms. The van der Waals surface area contributed by atoms with Gasteiger partial charge in [-0.1, -0.05) is 32.0 Å². The van der Waals surface area contributed by atoms with Gasteiger partial charge in [0.1, 0.15) is 0 Å². The number of hydrogen-bond donors (Lipinski definition) is 1. The monoisotopic (exact) mass is 249 g/mol. The van der Waals surface area contributed by atoms with Crippen molar-refractivity contribution in [3.8, 4) is 0 Å². The Labute approximate surface area is 109 Å². The molecular formula is C15H23NS. The second kappa shape index (κ2) is 5.92. The normalized spacial score (nSPS) is 20.6. The van der Waals surface area contributed by atoms with Crippen molar-refractivity contribution in [3.05, 3.63) is 29.8 Å². The fraction of sp³-hybridized carbons (Fsp3) is 0.600. The largest absolute Gasteiger partial charge is 0.307 e. The molecule has 1 nitrogen and oxygen atoms in total. The molecule has 17 heavy (non-hydrogen) atoms. The van der Waals surface area contributed by atoms with E-state index in [1.165, 1.54) is 29.1 Å². The second-order valence-corrected chi connectivity index (χ2v) is 6.50. The Balaban J connectivity index is 1.88. The van der Waals surface area contributed by atoms with E-state index in [1.54, 1.807) is 0 Å². The Morgan fingerprint density at radius 1 is 1.24 bits per heavy atom. The van der Waals surface area contributed by atoms with Crippen molar-refractivity contribution in [2.24, 2.45) is 5.92 Å². The molecule has 0 saturated heterocycles. The molecule has 2 rings (SSSR count). The smallest absolute Gasteiger partial charge is 0.0428 e. The van der Waals surface area contributed by atoms with Gasteiger partial charge in [-0.2, -0.15) is 0 Å². The summed E-state index contributed by atoms with van der Waals surface area (Å²) in [7, 11) is 0. The zero-order chi connectivity index (χ0) is 12.3. The lowest BCUT2D eigenvalue weighted by Gasteiger charge is -2.20. The van der Waals surface area contributed by atoms with E-state index >= 15 is 0 Å². The van der Waals surface area contributed by atoms with Crippen LogP contribution in [0, 0.1) is 5.92 Å². The van der Waals surface area contributed by atoms with Crippen LogP contribution in [0.1, 0.15) is 45.2 Å². The predicted octanol–water partition coefficient (Wildman–Crippen LogP) is 4.25. The summed E-state index contributed by atoms with van der Waals surface area (Å²) in [5.41, 5.74) is 1.49. The van der Waals surface area contributed by atoms with E-state index in [0.717, 1.165) is 5.92 Å². The molecule has 0 radical (unpaired) electrons. The number of nitrogens with one attached hydrogen (secondary N) is 1. The molecule has 0 amide bonds. The third-order valence-electron chi connectivity index (χ3n) is 3.36. The molecule has 1 aliphatic rings. The van der Waals surface area contributed by atoms with Gasteiger partial charge in [0.25, 0.3) is 0 Å². The highest BCUT2D eigenvalue weighted by atomic mass is 32.2. The minimum atomic E-state index is 0.554. The Hall–Kier alpha value is -0.470. The topological polar surface area (TPSA) is 12.0 Å². The zero-order valence-corrected chi connectivity index (χ0v) is 11.9. The van der Waals surface area contributed by atoms with Gasteiger partial charge in [-0.15, -0.1) is 11.8 Å². The zero-order valence-electron chi connectivity index (χ0n) is 11.1. The molecule has 2 atom stereocenters. The minimum Gasteiger partial charge on any atom is -0.307 e. The quantitative estimate of drug-likeness (QED) is 0.837. The summed E-state index contributed by atoms with van der Waals surface area (Å²) < 4.78 is 0. The van der Waals surface area contributed by atoms with E-state index in [4.69, 9.17) is 0 Å². The van der Waals surface area contributed by atoms with Crippen LogP contribution in [0.4, 0.5) is 0 Å². The first-order chi connectivity index (χ1) is 8.16. The Morgan fingerprint density at radius 3 is 2.76 bits per heavy atom. The lowest BCUT2D eigenvalue weighted by Crippen LogP contribution is -2.30. The molecule has 1 aromatic carbocycles. The van der Waals surface area contributed by atoms with Crippen molar-refractivity contribution < 1.29 is 0 Å². The second-order valence-electron chi connectivity index (χ2n) is 5.44. The molecule has 94 valence electrons. The van der Waals surface area contributed by atoms with Crippen LogP contribution in [0.2, 0.25) is 0 Å². The van der Waals surface area contributed by atoms with Crippen LogP contribution in [-0.2, 0) is 0 Å². The van der Waals surface area contributed by atoms with Crippen molar-refractivity contribution in [1.29, 1.82) is 0 Å². The van der Waals surface area contributed by atoms with Crippen LogP contribution < -0.4 is 5.32 Å². The Kier molecular flexibility index (Phi) is 4.52. The van der Waals surface area contributed by atoms with Gasteiger partial charge in [0.2, 0.25) is 0 Å². The molecular weight excluding hydrogens is 226 g/mol. The van der Waals surface area contributed by atoms with Crippen LogP contribution in [0.25, 0.3) is 0 Å². The Morgan fingerprint density at radius 2 is 2.00 bits per heavy atom. The summed E-state index contributed by atoms with van der Waals surface area (Å²) in [6.07, 6.45) is 2.59. The third kappa shape index (κ3) is 3.49. The van der Waals surface area contributed by atoms with Crippen LogP contribution in [0.3, 0.4) is 0 Å². The molecule has 2 heteroatoms. The van der Waals surface area contributed by atoms with Gasteiger partial charge in [0, 0.05) is 22.7 Å². The molecule has 0 spiro atoms. The lowest BCUT2D eigenvalue weighted by atomic mass is 10.0. The van der Waals surface area contributed by atoms with Crippen LogP contribution in [0.15, 0.2) is 29.2 Å². The van der Waals surface area contributed by atoms with E-state index in [0.29, 0.717) is 12.1 Å². The van der Waals surface area contributed by atoms with Crippen molar-refractivity contribution in [3.63, 3.8) is 0 Å². The summed E-state index contributed by atoms with van der Waals surface area (Å²) in [6, 6.07) is 9.96. The maximum Gasteiger partial charge on any atom is 0.0428 e. The Bertz CT molecular complexity index is 362. The van der Waals surface area contributed by atoms with Crippen molar-refractivity contribution in [1.82, 2.24) is 5.32 Å². The molecule has 1 N–H and O–H groups in total. The van der Waals surface area contributed by atoms with Crippen LogP contribution in [0.5, 0.6) is 0 Å². The highest BCUT2D eigenvalue weighted by Crippen LogP contribution is 2.38. The summed E-state index contributed by atoms with van der Waals surface area (Å²) >= 11 is 1.98. The first-order valence-electron chi connectivity index (χ1n) is 6.64. The van der Waals surface area contributed by atoms with Gasteiger partial charge in [0.05, 0.1) is 0 Å². The molecule has 0 aliphatic carbocycles. The molecule has 1 heterocycles. The summed E-state index contributed by atoms with van der Waals surface area (Å²) in [5.74, 6) is 2.00. The average Bonchev–Trinajstić information content (AvgIpc) is 2.70. The van der Waals surface area contributed by atoms with Crippen molar-refractivity contribution in [2.45, 2.75) is 50.6 Å². The van der Waals surface area contributed by atoms with Crippen LogP contribution in [-0.4, -0.2) is 11.8 Å². The fourth-order valence-corrected chi connectivity index (χ4v) is 3.48. The van der Waals surface area contributed by atoms with E-state index in [-0.39, 0.29) is 0 Å². The van der Waals surface area contributed by atoms with Gasteiger partial charge in [-0.05, 0) is 37.3 Å². The maximum absolute atomic E-state index is 3.77. The molecule has 0 fully saturated rings. The molecule has 1 aliphatic heterocycles. The van der Waals surface area contributed by atoms with Crippen LogP contribution >= 0.6 is 11.8 Å². The third-order valence-corrected chi connectivity index (χ3v) is 4.55. The van der Waals surface area contributed by atoms with Crippen molar-refractivity contribution in [2.75, 3.05) is 5.75 Å².